The van der Waals surface area contributed by atoms with Crippen molar-refractivity contribution in [3.05, 3.63) is 5.32 Å². The predicted molar refractivity (Wildman–Crippen MR) is 65.6 cm³/mol. The molecule has 0 aromatic heterocycles. The predicted octanol–water partition coefficient (Wildman–Crippen LogP) is 0.169. The maximum absolute atomic E-state index is 4.53. The summed E-state index contributed by atoms with van der Waals surface area (Å²) in [6, 6.07) is 0. The Kier molecular flexibility index (Phi) is 6.17. The van der Waals surface area contributed by atoms with E-state index < -0.39 is 0 Å². The van der Waals surface area contributed by atoms with Crippen molar-refractivity contribution in [2.24, 2.45) is 0 Å². The maximum Gasteiger partial charge on any atom is 0.0107 e. The molecule has 0 aromatic rings. The highest BCUT2D eigenvalue weighted by Gasteiger charge is 2.03. The molecule has 1 aliphatic heterocycles. The molecule has 4 nitrogen and oxygen atoms in total. The molecule has 1 rings (SSSR count). The smallest absolute Gasteiger partial charge is 0.0107 e. The van der Waals surface area contributed by atoms with E-state index in [9.17, 15) is 0 Å². The number of hydrogen-bond donors (Lipinski definition) is 0. The Morgan fingerprint density at radius 1 is 0.600 bits per heavy atom. The first-order chi connectivity index (χ1) is 7.18. The highest BCUT2D eigenvalue weighted by Crippen LogP contribution is 1.95. The van der Waals surface area contributed by atoms with Crippen LogP contribution in [-0.4, -0.2) is 88.2 Å². The van der Waals surface area contributed by atoms with Gasteiger partial charge in [-0.25, -0.2) is 0 Å². The summed E-state index contributed by atoms with van der Waals surface area (Å²) in [6.45, 7) is 8.76. The lowest BCUT2D eigenvalue weighted by molar-refractivity contribution is 0.227. The zero-order chi connectivity index (χ0) is 11.1. The summed E-state index contributed by atoms with van der Waals surface area (Å²) in [4.78, 5) is 7.14. The van der Waals surface area contributed by atoms with E-state index in [0.717, 1.165) is 52.4 Å². The highest BCUT2D eigenvalue weighted by atomic mass is 15.2. The molecule has 0 unspecified atom stereocenters. The van der Waals surface area contributed by atoms with Crippen LogP contribution in [-0.2, 0) is 0 Å². The van der Waals surface area contributed by atoms with Gasteiger partial charge in [0.05, 0.1) is 0 Å². The second kappa shape index (κ2) is 7.17. The van der Waals surface area contributed by atoms with E-state index in [-0.39, 0.29) is 0 Å². The SMILES string of the molecule is CN1CC[N-]CCN(C)CCN(C)CC1. The van der Waals surface area contributed by atoms with E-state index in [1.54, 1.807) is 0 Å². The van der Waals surface area contributed by atoms with Crippen molar-refractivity contribution in [2.75, 3.05) is 73.5 Å². The molecule has 1 saturated heterocycles. The Morgan fingerprint density at radius 2 is 0.933 bits per heavy atom. The average molecular weight is 213 g/mol. The van der Waals surface area contributed by atoms with Crippen molar-refractivity contribution in [2.45, 2.75) is 0 Å². The summed E-state index contributed by atoms with van der Waals surface area (Å²) in [6.07, 6.45) is 0. The minimum Gasteiger partial charge on any atom is -0.660 e. The summed E-state index contributed by atoms with van der Waals surface area (Å²) in [5.74, 6) is 0. The third-order valence-corrected chi connectivity index (χ3v) is 3.01. The van der Waals surface area contributed by atoms with Gasteiger partial charge >= 0.3 is 0 Å². The molecular weight excluding hydrogens is 188 g/mol. The van der Waals surface area contributed by atoms with Crippen LogP contribution < -0.4 is 0 Å². The van der Waals surface area contributed by atoms with Gasteiger partial charge in [0, 0.05) is 26.2 Å². The van der Waals surface area contributed by atoms with Gasteiger partial charge in [-0.05, 0) is 34.2 Å². The molecular formula is C11H25N4-. The molecule has 0 aromatic carbocycles. The molecule has 0 saturated carbocycles. The van der Waals surface area contributed by atoms with E-state index in [2.05, 4.69) is 41.2 Å². The van der Waals surface area contributed by atoms with E-state index in [1.807, 2.05) is 0 Å². The molecule has 15 heavy (non-hydrogen) atoms. The molecule has 0 bridgehead atoms. The van der Waals surface area contributed by atoms with Gasteiger partial charge in [0.1, 0.15) is 0 Å². The normalized spacial score (nSPS) is 25.8. The van der Waals surface area contributed by atoms with Gasteiger partial charge in [-0.15, -0.1) is 13.1 Å². The number of hydrogen-bond acceptors (Lipinski definition) is 3. The second-order valence-electron chi connectivity index (χ2n) is 4.58. The minimum absolute atomic E-state index is 0.980. The summed E-state index contributed by atoms with van der Waals surface area (Å²) >= 11 is 0. The first-order valence-corrected chi connectivity index (χ1v) is 5.87. The monoisotopic (exact) mass is 213 g/mol. The van der Waals surface area contributed by atoms with E-state index >= 15 is 0 Å². The molecule has 1 aliphatic rings. The van der Waals surface area contributed by atoms with Gasteiger partial charge < -0.3 is 20.0 Å². The Labute approximate surface area is 94.2 Å². The topological polar surface area (TPSA) is 23.8 Å². The summed E-state index contributed by atoms with van der Waals surface area (Å²) in [7, 11) is 6.57. The average Bonchev–Trinajstić information content (AvgIpc) is 2.21. The van der Waals surface area contributed by atoms with Gasteiger partial charge in [0.2, 0.25) is 0 Å². The van der Waals surface area contributed by atoms with Crippen molar-refractivity contribution >= 4 is 0 Å². The number of nitrogens with zero attached hydrogens (tertiary/aromatic N) is 4. The summed E-state index contributed by atoms with van der Waals surface area (Å²) in [5, 5.41) is 4.53. The van der Waals surface area contributed by atoms with Crippen LogP contribution in [0.15, 0.2) is 0 Å². The van der Waals surface area contributed by atoms with Crippen molar-refractivity contribution < 1.29 is 0 Å². The van der Waals surface area contributed by atoms with Crippen LogP contribution >= 0.6 is 0 Å². The third kappa shape index (κ3) is 6.10. The van der Waals surface area contributed by atoms with Crippen LogP contribution in [0.2, 0.25) is 0 Å². The zero-order valence-corrected chi connectivity index (χ0v) is 10.4. The van der Waals surface area contributed by atoms with Crippen LogP contribution in [0.1, 0.15) is 0 Å². The standard InChI is InChI=1S/C11H25N4/c1-13-6-4-12-5-7-14(2)9-11-15(3)10-8-13/h4-11H2,1-3H3/q-1. The molecule has 1 fully saturated rings. The fourth-order valence-electron chi connectivity index (χ4n) is 1.61. The Hall–Kier alpha value is -0.160. The van der Waals surface area contributed by atoms with Gasteiger partial charge in [0.25, 0.3) is 0 Å². The van der Waals surface area contributed by atoms with Crippen molar-refractivity contribution in [3.63, 3.8) is 0 Å². The Morgan fingerprint density at radius 3 is 1.33 bits per heavy atom. The fourth-order valence-corrected chi connectivity index (χ4v) is 1.61. The minimum atomic E-state index is 0.980. The first kappa shape index (κ1) is 12.9. The number of likely N-dealkylation sites (N-methyl/N-ethyl adjacent to an activating group) is 3. The van der Waals surface area contributed by atoms with Crippen LogP contribution in [0.25, 0.3) is 5.32 Å². The molecule has 90 valence electrons. The van der Waals surface area contributed by atoms with E-state index in [0.29, 0.717) is 0 Å². The number of rotatable bonds is 0. The quantitative estimate of drug-likeness (QED) is 0.573. The van der Waals surface area contributed by atoms with Crippen LogP contribution in [0.5, 0.6) is 0 Å². The fraction of sp³-hybridized carbons (Fsp3) is 1.00. The van der Waals surface area contributed by atoms with Gasteiger partial charge in [-0.3, -0.25) is 0 Å². The molecule has 4 heteroatoms. The summed E-state index contributed by atoms with van der Waals surface area (Å²) < 4.78 is 0. The van der Waals surface area contributed by atoms with Gasteiger partial charge in [0.15, 0.2) is 0 Å². The molecule has 0 amide bonds. The van der Waals surface area contributed by atoms with E-state index in [1.165, 1.54) is 0 Å². The Bertz CT molecular complexity index is 147. The molecule has 0 radical (unpaired) electrons. The summed E-state index contributed by atoms with van der Waals surface area (Å²) in [5.41, 5.74) is 0. The molecule has 0 aliphatic carbocycles. The van der Waals surface area contributed by atoms with Gasteiger partial charge in [-0.2, -0.15) is 0 Å². The van der Waals surface area contributed by atoms with E-state index in [4.69, 9.17) is 0 Å². The molecule has 1 heterocycles. The maximum atomic E-state index is 4.53. The van der Waals surface area contributed by atoms with Crippen molar-refractivity contribution in [1.82, 2.24) is 14.7 Å². The first-order valence-electron chi connectivity index (χ1n) is 5.87. The van der Waals surface area contributed by atoms with Gasteiger partial charge in [-0.1, -0.05) is 0 Å². The second-order valence-corrected chi connectivity index (χ2v) is 4.58. The lowest BCUT2D eigenvalue weighted by Gasteiger charge is -2.30. The third-order valence-electron chi connectivity index (χ3n) is 3.01. The highest BCUT2D eigenvalue weighted by molar-refractivity contribution is 4.82. The van der Waals surface area contributed by atoms with Crippen LogP contribution in [0.4, 0.5) is 0 Å². The van der Waals surface area contributed by atoms with Crippen LogP contribution in [0, 0.1) is 0 Å². The Balaban J connectivity index is 2.30. The molecule has 0 atom stereocenters. The molecule has 0 N–H and O–H groups in total. The van der Waals surface area contributed by atoms with Crippen molar-refractivity contribution in [3.8, 4) is 0 Å². The lowest BCUT2D eigenvalue weighted by Crippen LogP contribution is -2.38. The van der Waals surface area contributed by atoms with Crippen molar-refractivity contribution in [1.29, 1.82) is 0 Å². The largest absolute Gasteiger partial charge is 0.660 e. The van der Waals surface area contributed by atoms with Crippen LogP contribution in [0.3, 0.4) is 0 Å². The lowest BCUT2D eigenvalue weighted by atomic mass is 10.4. The molecule has 0 spiro atoms. The zero-order valence-electron chi connectivity index (χ0n) is 10.4.